The molecule has 0 unspecified atom stereocenters. The Hall–Kier alpha value is -2.04. The molecule has 0 aliphatic carbocycles. The summed E-state index contributed by atoms with van der Waals surface area (Å²) in [7, 11) is 0. The monoisotopic (exact) mass is 248 g/mol. The van der Waals surface area contributed by atoms with Gasteiger partial charge in [0.05, 0.1) is 0 Å². The van der Waals surface area contributed by atoms with Crippen LogP contribution in [0.25, 0.3) is 0 Å². The topological polar surface area (TPSA) is 58.6 Å². The van der Waals surface area contributed by atoms with Crippen molar-refractivity contribution in [1.82, 2.24) is 10.2 Å². The number of carbonyl (C=O) groups is 2. The lowest BCUT2D eigenvalue weighted by Crippen LogP contribution is -2.39. The maximum absolute atomic E-state index is 11.7. The minimum Gasteiger partial charge on any atom is -0.410 e. The summed E-state index contributed by atoms with van der Waals surface area (Å²) in [6.45, 7) is 1.56. The molecule has 0 saturated carbocycles. The zero-order valence-corrected chi connectivity index (χ0v) is 10.1. The minimum absolute atomic E-state index is 0.00827. The molecule has 1 N–H and O–H groups in total. The van der Waals surface area contributed by atoms with E-state index in [0.29, 0.717) is 5.75 Å². The molecule has 2 rings (SSSR count). The van der Waals surface area contributed by atoms with Crippen LogP contribution in [0.3, 0.4) is 0 Å². The second-order valence-electron chi connectivity index (χ2n) is 4.14. The van der Waals surface area contributed by atoms with E-state index < -0.39 is 6.09 Å². The van der Waals surface area contributed by atoms with E-state index in [4.69, 9.17) is 4.74 Å². The summed E-state index contributed by atoms with van der Waals surface area (Å²) < 4.78 is 5.01. The van der Waals surface area contributed by atoms with Crippen LogP contribution in [0.1, 0.15) is 12.8 Å². The molecule has 18 heavy (non-hydrogen) atoms. The molecule has 1 fully saturated rings. The summed E-state index contributed by atoms with van der Waals surface area (Å²) >= 11 is 0. The van der Waals surface area contributed by atoms with Gasteiger partial charge in [0.25, 0.3) is 0 Å². The molecule has 96 valence electrons. The Labute approximate surface area is 106 Å². The number of likely N-dealkylation sites (tertiary alicyclic amines) is 1. The van der Waals surface area contributed by atoms with Gasteiger partial charge in [-0.2, -0.15) is 0 Å². The Morgan fingerprint density at radius 3 is 2.50 bits per heavy atom. The molecular formula is C13H16N2O3. The number of para-hydroxylation sites is 1. The van der Waals surface area contributed by atoms with E-state index in [9.17, 15) is 9.59 Å². The maximum atomic E-state index is 11.7. The van der Waals surface area contributed by atoms with Gasteiger partial charge in [0.1, 0.15) is 12.3 Å². The Morgan fingerprint density at radius 2 is 1.83 bits per heavy atom. The smallest absolute Gasteiger partial charge is 0.410 e. The molecule has 0 spiro atoms. The van der Waals surface area contributed by atoms with E-state index in [1.165, 1.54) is 0 Å². The first-order valence-electron chi connectivity index (χ1n) is 6.04. The molecule has 0 atom stereocenters. The van der Waals surface area contributed by atoms with Crippen LogP contribution in [0, 0.1) is 0 Å². The van der Waals surface area contributed by atoms with Crippen molar-refractivity contribution < 1.29 is 14.3 Å². The highest BCUT2D eigenvalue weighted by Gasteiger charge is 2.18. The standard InChI is InChI=1S/C13H16N2O3/c16-12(15-8-4-5-9-15)10-14-13(17)18-11-6-2-1-3-7-11/h1-3,6-7H,4-5,8-10H2,(H,14,17). The second-order valence-corrected chi connectivity index (χ2v) is 4.14. The summed E-state index contributed by atoms with van der Waals surface area (Å²) in [5.41, 5.74) is 0. The quantitative estimate of drug-likeness (QED) is 0.879. The molecule has 0 radical (unpaired) electrons. The molecule has 0 bridgehead atoms. The first-order chi connectivity index (χ1) is 8.75. The molecular weight excluding hydrogens is 232 g/mol. The van der Waals surface area contributed by atoms with E-state index in [-0.39, 0.29) is 12.5 Å². The predicted molar refractivity (Wildman–Crippen MR) is 66.3 cm³/mol. The maximum Gasteiger partial charge on any atom is 0.413 e. The average molecular weight is 248 g/mol. The third kappa shape index (κ3) is 3.48. The van der Waals surface area contributed by atoms with Crippen molar-refractivity contribution in [3.63, 3.8) is 0 Å². The summed E-state index contributed by atoms with van der Waals surface area (Å²) in [6, 6.07) is 8.75. The highest BCUT2D eigenvalue weighted by Crippen LogP contribution is 2.08. The molecule has 1 aromatic rings. The van der Waals surface area contributed by atoms with Crippen LogP contribution < -0.4 is 10.1 Å². The largest absolute Gasteiger partial charge is 0.413 e. The van der Waals surface area contributed by atoms with Crippen LogP contribution in [-0.2, 0) is 4.79 Å². The number of amides is 2. The fourth-order valence-corrected chi connectivity index (χ4v) is 1.86. The van der Waals surface area contributed by atoms with Crippen molar-refractivity contribution in [2.24, 2.45) is 0 Å². The Balaban J connectivity index is 1.73. The first-order valence-corrected chi connectivity index (χ1v) is 6.04. The van der Waals surface area contributed by atoms with Crippen LogP contribution in [-0.4, -0.2) is 36.5 Å². The number of hydrogen-bond acceptors (Lipinski definition) is 3. The molecule has 0 aromatic heterocycles. The van der Waals surface area contributed by atoms with Gasteiger partial charge in [-0.1, -0.05) is 18.2 Å². The Morgan fingerprint density at radius 1 is 1.17 bits per heavy atom. The Kier molecular flexibility index (Phi) is 4.17. The lowest BCUT2D eigenvalue weighted by Gasteiger charge is -2.15. The molecule has 1 heterocycles. The van der Waals surface area contributed by atoms with Gasteiger partial charge in [0.2, 0.25) is 5.91 Å². The van der Waals surface area contributed by atoms with Crippen molar-refractivity contribution >= 4 is 12.0 Å². The van der Waals surface area contributed by atoms with Crippen LogP contribution in [0.2, 0.25) is 0 Å². The average Bonchev–Trinajstić information content (AvgIpc) is 2.91. The third-order valence-corrected chi connectivity index (χ3v) is 2.80. The minimum atomic E-state index is -0.603. The number of nitrogens with one attached hydrogen (secondary N) is 1. The highest BCUT2D eigenvalue weighted by molar-refractivity contribution is 5.82. The lowest BCUT2D eigenvalue weighted by atomic mass is 10.3. The van der Waals surface area contributed by atoms with Crippen LogP contribution in [0.5, 0.6) is 5.75 Å². The first kappa shape index (κ1) is 12.4. The summed E-state index contributed by atoms with van der Waals surface area (Å²) in [6.07, 6.45) is 1.48. The van der Waals surface area contributed by atoms with Crippen molar-refractivity contribution in [3.8, 4) is 5.75 Å². The molecule has 1 aromatic carbocycles. The van der Waals surface area contributed by atoms with Crippen molar-refractivity contribution in [2.45, 2.75) is 12.8 Å². The zero-order chi connectivity index (χ0) is 12.8. The molecule has 1 aliphatic rings. The second kappa shape index (κ2) is 6.05. The van der Waals surface area contributed by atoms with E-state index in [2.05, 4.69) is 5.32 Å². The van der Waals surface area contributed by atoms with E-state index in [1.807, 2.05) is 6.07 Å². The summed E-state index contributed by atoms with van der Waals surface area (Å²) in [5, 5.41) is 2.46. The molecule has 1 aliphatic heterocycles. The third-order valence-electron chi connectivity index (χ3n) is 2.80. The fraction of sp³-hybridized carbons (Fsp3) is 0.385. The van der Waals surface area contributed by atoms with Crippen molar-refractivity contribution in [2.75, 3.05) is 19.6 Å². The molecule has 5 heteroatoms. The number of nitrogens with zero attached hydrogens (tertiary/aromatic N) is 1. The summed E-state index contributed by atoms with van der Waals surface area (Å²) in [4.78, 5) is 24.8. The number of benzene rings is 1. The fourth-order valence-electron chi connectivity index (χ4n) is 1.86. The normalized spacial score (nSPS) is 14.3. The number of rotatable bonds is 3. The van der Waals surface area contributed by atoms with E-state index in [1.54, 1.807) is 29.2 Å². The lowest BCUT2D eigenvalue weighted by molar-refractivity contribution is -0.129. The van der Waals surface area contributed by atoms with Crippen LogP contribution >= 0.6 is 0 Å². The van der Waals surface area contributed by atoms with Gasteiger partial charge in [0, 0.05) is 13.1 Å². The molecule has 5 nitrogen and oxygen atoms in total. The highest BCUT2D eigenvalue weighted by atomic mass is 16.6. The van der Waals surface area contributed by atoms with E-state index in [0.717, 1.165) is 25.9 Å². The van der Waals surface area contributed by atoms with Crippen LogP contribution in [0.4, 0.5) is 4.79 Å². The van der Waals surface area contributed by atoms with Crippen LogP contribution in [0.15, 0.2) is 30.3 Å². The van der Waals surface area contributed by atoms with Gasteiger partial charge in [-0.15, -0.1) is 0 Å². The van der Waals surface area contributed by atoms with Gasteiger partial charge in [-0.05, 0) is 25.0 Å². The molecule has 2 amide bonds. The number of hydrogen-bond donors (Lipinski definition) is 1. The summed E-state index contributed by atoms with van der Waals surface area (Å²) in [5.74, 6) is 0.404. The SMILES string of the molecule is O=C(NCC(=O)N1CCCC1)Oc1ccccc1. The predicted octanol–water partition coefficient (Wildman–Crippen LogP) is 1.40. The van der Waals surface area contributed by atoms with Crippen molar-refractivity contribution in [1.29, 1.82) is 0 Å². The van der Waals surface area contributed by atoms with Gasteiger partial charge in [-0.25, -0.2) is 4.79 Å². The van der Waals surface area contributed by atoms with Gasteiger partial charge >= 0.3 is 6.09 Å². The zero-order valence-electron chi connectivity index (χ0n) is 10.1. The van der Waals surface area contributed by atoms with Gasteiger partial charge in [0.15, 0.2) is 0 Å². The van der Waals surface area contributed by atoms with Gasteiger partial charge < -0.3 is 15.0 Å². The Bertz CT molecular complexity index is 414. The number of carbonyl (C=O) groups excluding carboxylic acids is 2. The van der Waals surface area contributed by atoms with Crippen molar-refractivity contribution in [3.05, 3.63) is 30.3 Å². The number of ether oxygens (including phenoxy) is 1. The molecule has 1 saturated heterocycles. The van der Waals surface area contributed by atoms with E-state index >= 15 is 0 Å². The van der Waals surface area contributed by atoms with Gasteiger partial charge in [-0.3, -0.25) is 4.79 Å².